The van der Waals surface area contributed by atoms with Gasteiger partial charge in [-0.3, -0.25) is 0 Å². The highest BCUT2D eigenvalue weighted by Gasteiger charge is 2.61. The molecule has 4 aliphatic carbocycles. The molecule has 4 saturated carbocycles. The van der Waals surface area contributed by atoms with E-state index < -0.39 is 6.09 Å². The Balaban J connectivity index is 1.41. The minimum absolute atomic E-state index is 0.0189. The lowest BCUT2D eigenvalue weighted by molar-refractivity contribution is -0.129. The van der Waals surface area contributed by atoms with Crippen LogP contribution in [0.3, 0.4) is 0 Å². The highest BCUT2D eigenvalue weighted by molar-refractivity contribution is 5.64. The summed E-state index contributed by atoms with van der Waals surface area (Å²) in [6.07, 6.45) is 15.5. The first-order chi connectivity index (χ1) is 16.5. The molecule has 0 aromatic carbocycles. The Morgan fingerprint density at radius 2 is 1.77 bits per heavy atom. The monoisotopic (exact) mass is 489 g/mol. The summed E-state index contributed by atoms with van der Waals surface area (Å²) in [4.78, 5) is 11.2. The molecule has 1 spiro atoms. The Labute approximate surface area is 213 Å². The van der Waals surface area contributed by atoms with E-state index in [-0.39, 0.29) is 23.7 Å². The van der Waals surface area contributed by atoms with Crippen molar-refractivity contribution in [3.63, 3.8) is 0 Å². The second-order valence-electron chi connectivity index (χ2n) is 14.4. The van der Waals surface area contributed by atoms with Gasteiger partial charge in [0.2, 0.25) is 0 Å². The molecule has 5 fully saturated rings. The van der Waals surface area contributed by atoms with E-state index in [9.17, 15) is 9.90 Å². The summed E-state index contributed by atoms with van der Waals surface area (Å²) in [5, 5.41) is 10.7. The second-order valence-corrected chi connectivity index (χ2v) is 14.4. The fourth-order valence-electron chi connectivity index (χ4n) is 10.9. The molecule has 1 heterocycles. The van der Waals surface area contributed by atoms with Crippen molar-refractivity contribution in [3.8, 4) is 0 Å². The molecule has 5 heteroatoms. The van der Waals surface area contributed by atoms with Gasteiger partial charge in [0, 0.05) is 0 Å². The number of carbonyl (C=O) groups excluding carboxylic acids is 1. The van der Waals surface area contributed by atoms with Gasteiger partial charge in [0.05, 0.1) is 18.3 Å². The number of fused-ring (bicyclic) bond motifs is 5. The van der Waals surface area contributed by atoms with Crippen LogP contribution < -0.4 is 5.73 Å². The van der Waals surface area contributed by atoms with E-state index in [0.717, 1.165) is 37.0 Å². The SMILES string of the molecule is C[C@@H]1CC(COC(N)=O)OC2CC3C4CCC5C(C)(C)CC(O)CCCC5(CCCCC3(C)C21)C4. The van der Waals surface area contributed by atoms with Gasteiger partial charge in [0.15, 0.2) is 0 Å². The Morgan fingerprint density at radius 3 is 2.54 bits per heavy atom. The van der Waals surface area contributed by atoms with Crippen LogP contribution in [-0.2, 0) is 9.47 Å². The van der Waals surface area contributed by atoms with Crippen molar-refractivity contribution in [2.75, 3.05) is 6.61 Å². The van der Waals surface area contributed by atoms with E-state index >= 15 is 0 Å². The standard InChI is InChI=1S/C30H51NO4/c1-19-14-22(18-34-27(31)33)35-24-15-23-20-9-10-25-28(2,3)17-21(32)8-7-13-30(25,16-20)12-6-5-11-29(23,4)26(19)24/h19-26,32H,5-18H2,1-4H3,(H2,31,33)/t19-,20?,21?,22?,23?,24?,25?,26?,29?,30?/m1/s1. The summed E-state index contributed by atoms with van der Waals surface area (Å²) < 4.78 is 11.8. The summed E-state index contributed by atoms with van der Waals surface area (Å²) in [6, 6.07) is 0. The normalized spacial score (nSPS) is 49.6. The number of nitrogens with two attached hydrogens (primary N) is 1. The lowest BCUT2D eigenvalue weighted by Gasteiger charge is -2.57. The third-order valence-corrected chi connectivity index (χ3v) is 11.9. The summed E-state index contributed by atoms with van der Waals surface area (Å²) in [7, 11) is 0. The Bertz CT molecular complexity index is 784. The van der Waals surface area contributed by atoms with Gasteiger partial charge in [-0.25, -0.2) is 4.79 Å². The summed E-state index contributed by atoms with van der Waals surface area (Å²) in [6.45, 7) is 10.2. The molecule has 1 saturated heterocycles. The van der Waals surface area contributed by atoms with Crippen LogP contribution in [0.4, 0.5) is 4.79 Å². The summed E-state index contributed by atoms with van der Waals surface area (Å²) in [5.74, 6) is 3.44. The fourth-order valence-corrected chi connectivity index (χ4v) is 10.9. The molecular formula is C30H51NO4. The van der Waals surface area contributed by atoms with Crippen molar-refractivity contribution in [2.45, 2.75) is 129 Å². The van der Waals surface area contributed by atoms with E-state index in [2.05, 4.69) is 27.7 Å². The van der Waals surface area contributed by atoms with Gasteiger partial charge in [-0.05, 0) is 110 Å². The first kappa shape index (κ1) is 25.8. The Hall–Kier alpha value is -0.810. The van der Waals surface area contributed by atoms with E-state index in [1.54, 1.807) is 0 Å². The van der Waals surface area contributed by atoms with Crippen molar-refractivity contribution in [2.24, 2.45) is 51.6 Å². The van der Waals surface area contributed by atoms with Gasteiger partial charge in [-0.15, -0.1) is 0 Å². The molecule has 2 bridgehead atoms. The predicted octanol–water partition coefficient (Wildman–Crippen LogP) is 6.46. The van der Waals surface area contributed by atoms with Gasteiger partial charge >= 0.3 is 6.09 Å². The van der Waals surface area contributed by atoms with Gasteiger partial charge in [0.25, 0.3) is 0 Å². The average Bonchev–Trinajstić information content (AvgIpc) is 3.08. The maximum Gasteiger partial charge on any atom is 0.404 e. The van der Waals surface area contributed by atoms with Gasteiger partial charge in [-0.1, -0.05) is 47.0 Å². The molecule has 0 aromatic heterocycles. The number of primary amides is 1. The van der Waals surface area contributed by atoms with Crippen LogP contribution in [0.1, 0.15) is 111 Å². The van der Waals surface area contributed by atoms with E-state index in [1.807, 2.05) is 0 Å². The Morgan fingerprint density at radius 1 is 1.03 bits per heavy atom. The first-order valence-corrected chi connectivity index (χ1v) is 14.8. The van der Waals surface area contributed by atoms with E-state index in [4.69, 9.17) is 15.2 Å². The minimum Gasteiger partial charge on any atom is -0.447 e. The zero-order valence-corrected chi connectivity index (χ0v) is 22.8. The molecule has 200 valence electrons. The number of rotatable bonds is 2. The number of hydrogen-bond acceptors (Lipinski definition) is 4. The van der Waals surface area contributed by atoms with Gasteiger partial charge in [0.1, 0.15) is 6.61 Å². The lowest BCUT2D eigenvalue weighted by Crippen LogP contribution is -2.49. The van der Waals surface area contributed by atoms with Crippen LogP contribution in [-0.4, -0.2) is 36.1 Å². The van der Waals surface area contributed by atoms with Crippen LogP contribution in [0.5, 0.6) is 0 Å². The highest BCUT2D eigenvalue weighted by atomic mass is 16.6. The molecule has 1 aliphatic heterocycles. The lowest BCUT2D eigenvalue weighted by atomic mass is 9.48. The highest BCUT2D eigenvalue weighted by Crippen LogP contribution is 2.66. The third-order valence-electron chi connectivity index (χ3n) is 11.9. The number of aliphatic hydroxyl groups excluding tert-OH is 1. The van der Waals surface area contributed by atoms with Gasteiger partial charge in [-0.2, -0.15) is 0 Å². The second kappa shape index (κ2) is 9.49. The van der Waals surface area contributed by atoms with E-state index in [0.29, 0.717) is 29.3 Å². The average molecular weight is 490 g/mol. The third kappa shape index (κ3) is 4.67. The summed E-state index contributed by atoms with van der Waals surface area (Å²) >= 11 is 0. The molecule has 0 radical (unpaired) electrons. The molecule has 10 atom stereocenters. The molecular weight excluding hydrogens is 438 g/mol. The van der Waals surface area contributed by atoms with E-state index in [1.165, 1.54) is 64.2 Å². The largest absolute Gasteiger partial charge is 0.447 e. The van der Waals surface area contributed by atoms with Crippen molar-refractivity contribution >= 4 is 6.09 Å². The molecule has 5 aliphatic rings. The number of aliphatic hydroxyl groups is 1. The maximum absolute atomic E-state index is 11.2. The van der Waals surface area contributed by atoms with Crippen LogP contribution in [0.2, 0.25) is 0 Å². The van der Waals surface area contributed by atoms with Crippen LogP contribution >= 0.6 is 0 Å². The quantitative estimate of drug-likeness (QED) is 0.467. The van der Waals surface area contributed by atoms with Crippen LogP contribution in [0.15, 0.2) is 0 Å². The van der Waals surface area contributed by atoms with Crippen LogP contribution in [0.25, 0.3) is 0 Å². The molecule has 5 rings (SSSR count). The molecule has 9 unspecified atom stereocenters. The minimum atomic E-state index is -0.698. The maximum atomic E-state index is 11.2. The fraction of sp³-hybridized carbons (Fsp3) is 0.967. The number of amides is 1. The van der Waals surface area contributed by atoms with Crippen LogP contribution in [0, 0.1) is 45.8 Å². The molecule has 0 aromatic rings. The summed E-state index contributed by atoms with van der Waals surface area (Å²) in [5.41, 5.74) is 6.26. The Kier molecular flexibility index (Phi) is 7.00. The van der Waals surface area contributed by atoms with Crippen molar-refractivity contribution in [1.29, 1.82) is 0 Å². The zero-order valence-electron chi connectivity index (χ0n) is 22.8. The number of carbonyl (C=O) groups is 1. The molecule has 35 heavy (non-hydrogen) atoms. The smallest absolute Gasteiger partial charge is 0.404 e. The predicted molar refractivity (Wildman–Crippen MR) is 138 cm³/mol. The zero-order chi connectivity index (χ0) is 25.0. The van der Waals surface area contributed by atoms with Crippen molar-refractivity contribution in [1.82, 2.24) is 0 Å². The van der Waals surface area contributed by atoms with Crippen molar-refractivity contribution < 1.29 is 19.4 Å². The number of hydrogen-bond donors (Lipinski definition) is 2. The molecule has 5 nitrogen and oxygen atoms in total. The van der Waals surface area contributed by atoms with Gasteiger partial charge < -0.3 is 20.3 Å². The topological polar surface area (TPSA) is 81.8 Å². The van der Waals surface area contributed by atoms with Crippen molar-refractivity contribution in [3.05, 3.63) is 0 Å². The first-order valence-electron chi connectivity index (χ1n) is 14.8. The molecule has 1 amide bonds. The number of ether oxygens (including phenoxy) is 2. The molecule has 3 N–H and O–H groups in total.